The van der Waals surface area contributed by atoms with Crippen LogP contribution >= 0.6 is 0 Å². The van der Waals surface area contributed by atoms with Crippen LogP contribution in [0.3, 0.4) is 0 Å². The molecule has 4 N–H and O–H groups in total. The van der Waals surface area contributed by atoms with Gasteiger partial charge in [0.15, 0.2) is 5.82 Å². The summed E-state index contributed by atoms with van der Waals surface area (Å²) >= 11 is 0. The van der Waals surface area contributed by atoms with Gasteiger partial charge in [0.25, 0.3) is 5.91 Å². The molecular weight excluding hydrogens is 435 g/mol. The molecule has 0 aliphatic carbocycles. The summed E-state index contributed by atoms with van der Waals surface area (Å²) in [7, 11) is -4.22. The molecule has 0 fully saturated rings. The predicted octanol–water partition coefficient (Wildman–Crippen LogP) is 2.41. The number of hydrogen-bond acceptors (Lipinski definition) is 5. The van der Waals surface area contributed by atoms with Crippen molar-refractivity contribution >= 4 is 27.4 Å². The zero-order valence-electron chi connectivity index (χ0n) is 15.8. The number of aromatic amines is 1. The number of nitrogen functional groups attached to an aromatic ring is 1. The number of carbonyl (C=O) groups excluding carboxylic acids is 1. The summed E-state index contributed by atoms with van der Waals surface area (Å²) in [6, 6.07) is 5.84. The number of aromatic nitrogens is 2. The molecule has 12 heteroatoms. The summed E-state index contributed by atoms with van der Waals surface area (Å²) < 4.78 is 67.8. The summed E-state index contributed by atoms with van der Waals surface area (Å²) in [5.41, 5.74) is 6.18. The number of nitrogens with one attached hydrogen (secondary N) is 2. The number of benzene rings is 2. The van der Waals surface area contributed by atoms with Crippen LogP contribution in [0.25, 0.3) is 0 Å². The number of H-pyrrole nitrogens is 1. The van der Waals surface area contributed by atoms with E-state index in [1.165, 1.54) is 12.1 Å². The first-order chi connectivity index (χ1) is 14.7. The third-order valence-electron chi connectivity index (χ3n) is 4.88. The van der Waals surface area contributed by atoms with E-state index in [1.807, 2.05) is 0 Å². The van der Waals surface area contributed by atoms with E-state index < -0.39 is 38.3 Å². The summed E-state index contributed by atoms with van der Waals surface area (Å²) in [6.07, 6.45) is 0.219. The third kappa shape index (κ3) is 3.86. The van der Waals surface area contributed by atoms with Gasteiger partial charge in [0.1, 0.15) is 17.5 Å². The van der Waals surface area contributed by atoms with Crippen molar-refractivity contribution in [1.29, 1.82) is 0 Å². The van der Waals surface area contributed by atoms with Crippen molar-refractivity contribution in [1.82, 2.24) is 14.5 Å². The number of rotatable bonds is 4. The molecule has 31 heavy (non-hydrogen) atoms. The quantitative estimate of drug-likeness (QED) is 0.526. The number of fused-ring (bicyclic) bond motifs is 1. The minimum Gasteiger partial charge on any atom is -0.398 e. The lowest BCUT2D eigenvalue weighted by Crippen LogP contribution is -2.36. The van der Waals surface area contributed by atoms with E-state index in [1.54, 1.807) is 0 Å². The summed E-state index contributed by atoms with van der Waals surface area (Å²) in [5.74, 6) is -3.70. The van der Waals surface area contributed by atoms with Crippen molar-refractivity contribution < 1.29 is 26.4 Å². The van der Waals surface area contributed by atoms with Gasteiger partial charge in [0, 0.05) is 42.5 Å². The molecule has 3 aromatic rings. The smallest absolute Gasteiger partial charge is 0.261 e. The molecule has 162 valence electrons. The second-order valence-corrected chi connectivity index (χ2v) is 8.82. The predicted molar refractivity (Wildman–Crippen MR) is 105 cm³/mol. The minimum atomic E-state index is -4.22. The van der Waals surface area contributed by atoms with Gasteiger partial charge >= 0.3 is 0 Å². The Morgan fingerprint density at radius 2 is 1.87 bits per heavy atom. The van der Waals surface area contributed by atoms with Crippen molar-refractivity contribution in [3.63, 3.8) is 0 Å². The molecule has 0 atom stereocenters. The maximum Gasteiger partial charge on any atom is 0.261 e. The molecule has 4 rings (SSSR count). The van der Waals surface area contributed by atoms with E-state index in [9.17, 15) is 26.4 Å². The Hall–Kier alpha value is -3.38. The summed E-state index contributed by atoms with van der Waals surface area (Å²) in [5, 5.41) is 9.12. The lowest BCUT2D eigenvalue weighted by Gasteiger charge is -2.26. The van der Waals surface area contributed by atoms with Crippen molar-refractivity contribution in [3.05, 3.63) is 70.7 Å². The largest absolute Gasteiger partial charge is 0.398 e. The van der Waals surface area contributed by atoms with Crippen LogP contribution in [0.2, 0.25) is 0 Å². The SMILES string of the molecule is Nc1cccc(F)c1C(=O)Nc1n[nH]c2c1CN(S(=O)(=O)c1cc(F)cc(F)c1)CC2. The molecule has 0 saturated heterocycles. The average Bonchev–Trinajstić information content (AvgIpc) is 3.09. The lowest BCUT2D eigenvalue weighted by molar-refractivity contribution is 0.102. The van der Waals surface area contributed by atoms with Crippen LogP contribution < -0.4 is 11.1 Å². The van der Waals surface area contributed by atoms with Gasteiger partial charge in [-0.05, 0) is 24.3 Å². The van der Waals surface area contributed by atoms with Crippen LogP contribution in [0.5, 0.6) is 0 Å². The molecule has 1 amide bonds. The minimum absolute atomic E-state index is 0.00739. The maximum absolute atomic E-state index is 14.0. The van der Waals surface area contributed by atoms with E-state index in [2.05, 4.69) is 15.5 Å². The Kier molecular flexibility index (Phi) is 5.19. The van der Waals surface area contributed by atoms with Crippen LogP contribution in [0.4, 0.5) is 24.7 Å². The van der Waals surface area contributed by atoms with Gasteiger partial charge < -0.3 is 11.1 Å². The Morgan fingerprint density at radius 1 is 1.16 bits per heavy atom. The zero-order chi connectivity index (χ0) is 22.3. The van der Waals surface area contributed by atoms with Gasteiger partial charge in [0.05, 0.1) is 10.5 Å². The first kappa shape index (κ1) is 20.9. The molecule has 0 saturated carbocycles. The Labute approximate surface area is 174 Å². The van der Waals surface area contributed by atoms with Crippen LogP contribution in [-0.2, 0) is 23.0 Å². The third-order valence-corrected chi connectivity index (χ3v) is 6.70. The van der Waals surface area contributed by atoms with E-state index in [0.717, 1.165) is 22.5 Å². The Morgan fingerprint density at radius 3 is 2.55 bits per heavy atom. The highest BCUT2D eigenvalue weighted by atomic mass is 32.2. The highest BCUT2D eigenvalue weighted by molar-refractivity contribution is 7.89. The van der Waals surface area contributed by atoms with E-state index >= 15 is 0 Å². The van der Waals surface area contributed by atoms with E-state index in [4.69, 9.17) is 5.73 Å². The van der Waals surface area contributed by atoms with Crippen LogP contribution in [0, 0.1) is 17.5 Å². The maximum atomic E-state index is 14.0. The molecule has 2 aromatic carbocycles. The van der Waals surface area contributed by atoms with Gasteiger partial charge in [-0.25, -0.2) is 21.6 Å². The van der Waals surface area contributed by atoms with Gasteiger partial charge in [-0.15, -0.1) is 0 Å². The van der Waals surface area contributed by atoms with Crippen molar-refractivity contribution in [3.8, 4) is 0 Å². The van der Waals surface area contributed by atoms with E-state index in [0.29, 0.717) is 17.3 Å². The van der Waals surface area contributed by atoms with Crippen molar-refractivity contribution in [2.24, 2.45) is 0 Å². The number of hydrogen-bond donors (Lipinski definition) is 3. The fraction of sp³-hybridized carbons (Fsp3) is 0.158. The highest BCUT2D eigenvalue weighted by Crippen LogP contribution is 2.29. The molecule has 8 nitrogen and oxygen atoms in total. The first-order valence-electron chi connectivity index (χ1n) is 9.04. The van der Waals surface area contributed by atoms with Crippen LogP contribution in [0.1, 0.15) is 21.6 Å². The molecule has 2 heterocycles. The second-order valence-electron chi connectivity index (χ2n) is 6.88. The highest BCUT2D eigenvalue weighted by Gasteiger charge is 2.32. The average molecular weight is 451 g/mol. The molecule has 0 unspecified atom stereocenters. The van der Waals surface area contributed by atoms with Gasteiger partial charge in [-0.3, -0.25) is 9.89 Å². The Bertz CT molecular complexity index is 1250. The second kappa shape index (κ2) is 7.71. The first-order valence-corrected chi connectivity index (χ1v) is 10.5. The topological polar surface area (TPSA) is 121 Å². The van der Waals surface area contributed by atoms with E-state index in [-0.39, 0.29) is 36.6 Å². The normalized spacial score (nSPS) is 14.3. The molecule has 0 spiro atoms. The molecule has 0 radical (unpaired) electrons. The monoisotopic (exact) mass is 451 g/mol. The standard InChI is InChI=1S/C19H16F3N5O3S/c20-10-6-11(21)8-12(7-10)31(29,30)27-5-4-16-13(9-27)18(26-25-16)24-19(28)17-14(22)2-1-3-15(17)23/h1-3,6-8H,4-5,9,23H2,(H2,24,25,26,28). The fourth-order valence-corrected chi connectivity index (χ4v) is 4.81. The molecule has 1 aliphatic heterocycles. The molecular formula is C19H16F3N5O3S. The summed E-state index contributed by atoms with van der Waals surface area (Å²) in [6.45, 7) is -0.183. The molecule has 0 bridgehead atoms. The van der Waals surface area contributed by atoms with Crippen LogP contribution in [0.15, 0.2) is 41.3 Å². The fourth-order valence-electron chi connectivity index (χ4n) is 3.36. The van der Waals surface area contributed by atoms with Gasteiger partial charge in [-0.2, -0.15) is 9.40 Å². The number of carbonyl (C=O) groups is 1. The number of halogens is 3. The number of amides is 1. The number of nitrogens with two attached hydrogens (primary N) is 1. The van der Waals surface area contributed by atoms with Gasteiger partial charge in [0.2, 0.25) is 10.0 Å². The molecule has 1 aliphatic rings. The van der Waals surface area contributed by atoms with Crippen molar-refractivity contribution in [2.45, 2.75) is 17.9 Å². The Balaban J connectivity index is 1.62. The number of anilines is 2. The summed E-state index contributed by atoms with van der Waals surface area (Å²) in [4.78, 5) is 12.0. The number of sulfonamides is 1. The number of nitrogens with zero attached hydrogens (tertiary/aromatic N) is 2. The lowest BCUT2D eigenvalue weighted by atomic mass is 10.1. The van der Waals surface area contributed by atoms with Crippen LogP contribution in [-0.4, -0.2) is 35.4 Å². The molecule has 1 aromatic heterocycles. The zero-order valence-corrected chi connectivity index (χ0v) is 16.6. The van der Waals surface area contributed by atoms with Gasteiger partial charge in [-0.1, -0.05) is 6.07 Å². The van der Waals surface area contributed by atoms with Crippen molar-refractivity contribution in [2.75, 3.05) is 17.6 Å².